The first-order valence-corrected chi connectivity index (χ1v) is 10.5. The third-order valence-electron chi connectivity index (χ3n) is 4.89. The summed E-state index contributed by atoms with van der Waals surface area (Å²) in [5.41, 5.74) is 4.91. The molecule has 0 bridgehead atoms. The molecule has 0 spiro atoms. The second-order valence-electron chi connectivity index (χ2n) is 6.59. The molecule has 6 heteroatoms. The van der Waals surface area contributed by atoms with Crippen molar-refractivity contribution in [2.24, 2.45) is 0 Å². The molecule has 4 rings (SSSR count). The Morgan fingerprint density at radius 1 is 1.00 bits per heavy atom. The number of nitrogens with zero attached hydrogens (tertiary/aromatic N) is 1. The Balaban J connectivity index is 0.00000225. The molecule has 1 N–H and O–H groups in total. The van der Waals surface area contributed by atoms with Crippen LogP contribution in [0.15, 0.2) is 60.0 Å². The maximum absolute atomic E-state index is 6.42. The standard InChI is InChI=1S/C22H20Cl2N2S.ClH/c1-15-20(13-25-12-18-5-4-10-27-18)19-6-2-3-7-22(19)26(15)14-16-8-9-17(23)11-21(16)24;/h2-11,25H,12-14H2,1H3;1H. The summed E-state index contributed by atoms with van der Waals surface area (Å²) in [5.74, 6) is 0. The maximum Gasteiger partial charge on any atom is 0.0493 e. The van der Waals surface area contributed by atoms with Crippen LogP contribution >= 0.6 is 46.9 Å². The van der Waals surface area contributed by atoms with Crippen LogP contribution in [-0.4, -0.2) is 4.57 Å². The van der Waals surface area contributed by atoms with Gasteiger partial charge in [-0.3, -0.25) is 0 Å². The number of halogens is 3. The zero-order valence-electron chi connectivity index (χ0n) is 15.4. The largest absolute Gasteiger partial charge is 0.340 e. The van der Waals surface area contributed by atoms with Crippen LogP contribution in [0.1, 0.15) is 21.7 Å². The van der Waals surface area contributed by atoms with Crippen LogP contribution in [-0.2, 0) is 19.6 Å². The lowest BCUT2D eigenvalue weighted by Gasteiger charge is -2.11. The molecule has 0 saturated carbocycles. The Bertz CT molecular complexity index is 1070. The predicted molar refractivity (Wildman–Crippen MR) is 124 cm³/mol. The Kier molecular flexibility index (Phi) is 7.08. The van der Waals surface area contributed by atoms with Crippen molar-refractivity contribution in [3.8, 4) is 0 Å². The summed E-state index contributed by atoms with van der Waals surface area (Å²) in [6.45, 7) is 4.64. The Morgan fingerprint density at radius 3 is 2.57 bits per heavy atom. The minimum absolute atomic E-state index is 0. The lowest BCUT2D eigenvalue weighted by molar-refractivity contribution is 0.692. The molecular formula is C22H21Cl3N2S. The lowest BCUT2D eigenvalue weighted by atomic mass is 10.1. The topological polar surface area (TPSA) is 17.0 Å². The molecule has 2 nitrogen and oxygen atoms in total. The fourth-order valence-corrected chi connectivity index (χ4v) is 4.62. The zero-order chi connectivity index (χ0) is 18.8. The first kappa shape index (κ1) is 21.2. The number of hydrogen-bond acceptors (Lipinski definition) is 2. The molecule has 2 aromatic heterocycles. The van der Waals surface area contributed by atoms with Crippen LogP contribution < -0.4 is 5.32 Å². The average molecular weight is 452 g/mol. The van der Waals surface area contributed by atoms with Crippen LogP contribution in [0.3, 0.4) is 0 Å². The first-order valence-electron chi connectivity index (χ1n) is 8.87. The minimum Gasteiger partial charge on any atom is -0.340 e. The highest BCUT2D eigenvalue weighted by Gasteiger charge is 2.14. The quantitative estimate of drug-likeness (QED) is 0.331. The predicted octanol–water partition coefficient (Wildman–Crippen LogP) is 7.08. The number of rotatable bonds is 6. The number of hydrogen-bond donors (Lipinski definition) is 1. The Hall–Kier alpha value is -1.49. The first-order chi connectivity index (χ1) is 13.1. The molecule has 0 fully saturated rings. The number of nitrogens with one attached hydrogen (secondary N) is 1. The van der Waals surface area contributed by atoms with Gasteiger partial charge in [-0.2, -0.15) is 0 Å². The van der Waals surface area contributed by atoms with E-state index in [9.17, 15) is 0 Å². The summed E-state index contributed by atoms with van der Waals surface area (Å²) in [7, 11) is 0. The van der Waals surface area contributed by atoms with E-state index in [1.165, 1.54) is 27.0 Å². The molecule has 0 aliphatic carbocycles. The number of para-hydroxylation sites is 1. The van der Waals surface area contributed by atoms with E-state index in [4.69, 9.17) is 23.2 Å². The van der Waals surface area contributed by atoms with Gasteiger partial charge in [0.15, 0.2) is 0 Å². The van der Waals surface area contributed by atoms with Gasteiger partial charge in [0.25, 0.3) is 0 Å². The van der Waals surface area contributed by atoms with Crippen molar-refractivity contribution < 1.29 is 0 Å². The van der Waals surface area contributed by atoms with Crippen molar-refractivity contribution >= 4 is 57.8 Å². The van der Waals surface area contributed by atoms with Crippen LogP contribution in [0.4, 0.5) is 0 Å². The van der Waals surface area contributed by atoms with E-state index in [0.29, 0.717) is 10.0 Å². The fourth-order valence-electron chi connectivity index (χ4n) is 3.47. The molecule has 0 atom stereocenters. The summed E-state index contributed by atoms with van der Waals surface area (Å²) in [6.07, 6.45) is 0. The minimum atomic E-state index is 0. The van der Waals surface area contributed by atoms with E-state index >= 15 is 0 Å². The maximum atomic E-state index is 6.42. The van der Waals surface area contributed by atoms with E-state index in [1.54, 1.807) is 11.3 Å². The molecule has 0 amide bonds. The molecular weight excluding hydrogens is 431 g/mol. The van der Waals surface area contributed by atoms with Gasteiger partial charge in [0.2, 0.25) is 0 Å². The van der Waals surface area contributed by atoms with E-state index in [0.717, 1.165) is 25.2 Å². The van der Waals surface area contributed by atoms with Gasteiger partial charge in [-0.15, -0.1) is 23.7 Å². The normalized spacial score (nSPS) is 11.0. The molecule has 0 saturated heterocycles. The molecule has 0 aliphatic heterocycles. The van der Waals surface area contributed by atoms with Gasteiger partial charge in [-0.25, -0.2) is 0 Å². The van der Waals surface area contributed by atoms with E-state index < -0.39 is 0 Å². The van der Waals surface area contributed by atoms with Gasteiger partial charge in [0, 0.05) is 51.2 Å². The van der Waals surface area contributed by atoms with Crippen LogP contribution in [0.2, 0.25) is 10.0 Å². The van der Waals surface area contributed by atoms with Crippen molar-refractivity contribution in [2.45, 2.75) is 26.6 Å². The smallest absolute Gasteiger partial charge is 0.0493 e. The molecule has 2 aromatic carbocycles. The second kappa shape index (κ2) is 9.34. The molecule has 2 heterocycles. The average Bonchev–Trinajstić information content (AvgIpc) is 3.26. The Morgan fingerprint density at radius 2 is 1.82 bits per heavy atom. The second-order valence-corrected chi connectivity index (χ2v) is 8.46. The van der Waals surface area contributed by atoms with Crippen molar-refractivity contribution in [2.75, 3.05) is 0 Å². The van der Waals surface area contributed by atoms with Crippen LogP contribution in [0, 0.1) is 6.92 Å². The highest BCUT2D eigenvalue weighted by molar-refractivity contribution is 7.09. The zero-order valence-corrected chi connectivity index (χ0v) is 18.6. The van der Waals surface area contributed by atoms with Gasteiger partial charge in [0.05, 0.1) is 0 Å². The monoisotopic (exact) mass is 450 g/mol. The third-order valence-corrected chi connectivity index (χ3v) is 6.35. The number of fused-ring (bicyclic) bond motifs is 1. The molecule has 28 heavy (non-hydrogen) atoms. The van der Waals surface area contributed by atoms with Crippen molar-refractivity contribution in [1.29, 1.82) is 0 Å². The molecule has 0 aliphatic rings. The van der Waals surface area contributed by atoms with Gasteiger partial charge in [0.1, 0.15) is 0 Å². The van der Waals surface area contributed by atoms with Crippen LogP contribution in [0.25, 0.3) is 10.9 Å². The van der Waals surface area contributed by atoms with Crippen molar-refractivity contribution in [3.63, 3.8) is 0 Å². The van der Waals surface area contributed by atoms with E-state index in [-0.39, 0.29) is 12.4 Å². The summed E-state index contributed by atoms with van der Waals surface area (Å²) in [6, 6.07) is 18.5. The summed E-state index contributed by atoms with van der Waals surface area (Å²) in [5, 5.41) is 8.36. The Labute approximate surface area is 185 Å². The number of thiophene rings is 1. The van der Waals surface area contributed by atoms with Gasteiger partial charge in [-0.1, -0.05) is 53.5 Å². The fraction of sp³-hybridized carbons (Fsp3) is 0.182. The van der Waals surface area contributed by atoms with Gasteiger partial charge in [-0.05, 0) is 47.7 Å². The van der Waals surface area contributed by atoms with Gasteiger partial charge < -0.3 is 9.88 Å². The highest BCUT2D eigenvalue weighted by Crippen LogP contribution is 2.29. The van der Waals surface area contributed by atoms with E-state index in [2.05, 4.69) is 58.6 Å². The highest BCUT2D eigenvalue weighted by atomic mass is 35.5. The summed E-state index contributed by atoms with van der Waals surface area (Å²) >= 11 is 14.3. The van der Waals surface area contributed by atoms with Crippen LogP contribution in [0.5, 0.6) is 0 Å². The third kappa shape index (κ3) is 4.40. The van der Waals surface area contributed by atoms with Crippen molar-refractivity contribution in [3.05, 3.63) is 91.7 Å². The van der Waals surface area contributed by atoms with E-state index in [1.807, 2.05) is 18.2 Å². The van der Waals surface area contributed by atoms with Crippen molar-refractivity contribution in [1.82, 2.24) is 9.88 Å². The molecule has 0 unspecified atom stereocenters. The number of benzene rings is 2. The SMILES string of the molecule is Cc1c(CNCc2cccs2)c2ccccc2n1Cc1ccc(Cl)cc1Cl.Cl. The number of aromatic nitrogens is 1. The molecule has 146 valence electrons. The molecule has 0 radical (unpaired) electrons. The lowest BCUT2D eigenvalue weighted by Crippen LogP contribution is -2.13. The molecule has 4 aromatic rings. The van der Waals surface area contributed by atoms with Gasteiger partial charge >= 0.3 is 0 Å². The summed E-state index contributed by atoms with van der Waals surface area (Å²) in [4.78, 5) is 1.35. The summed E-state index contributed by atoms with van der Waals surface area (Å²) < 4.78 is 2.34.